The molecule has 0 N–H and O–H groups in total. The van der Waals surface area contributed by atoms with Crippen molar-refractivity contribution in [3.63, 3.8) is 0 Å². The molecule has 4 rings (SSSR count). The van der Waals surface area contributed by atoms with Crippen LogP contribution >= 0.6 is 0 Å². The Hall–Kier alpha value is -2.86. The maximum atomic E-state index is 12.4. The van der Waals surface area contributed by atoms with Crippen LogP contribution < -0.4 is 4.74 Å². The Morgan fingerprint density at radius 3 is 2.52 bits per heavy atom. The Kier molecular flexibility index (Phi) is 4.36. The van der Waals surface area contributed by atoms with Crippen molar-refractivity contribution in [1.82, 2.24) is 0 Å². The summed E-state index contributed by atoms with van der Waals surface area (Å²) in [5.41, 5.74) is 2.23. The van der Waals surface area contributed by atoms with E-state index in [1.54, 1.807) is 12.1 Å². The molecule has 0 aromatic heterocycles. The van der Waals surface area contributed by atoms with Crippen molar-refractivity contribution in [1.29, 1.82) is 0 Å². The summed E-state index contributed by atoms with van der Waals surface area (Å²) in [6.07, 6.45) is 0.300. The van der Waals surface area contributed by atoms with Gasteiger partial charge in [0.2, 0.25) is 0 Å². The Labute approximate surface area is 158 Å². The number of hydrogen-bond acceptors (Lipinski definition) is 5. The van der Waals surface area contributed by atoms with Crippen LogP contribution in [-0.2, 0) is 14.4 Å². The molecule has 138 valence electrons. The van der Waals surface area contributed by atoms with Crippen molar-refractivity contribution < 1.29 is 17.4 Å². The Bertz CT molecular complexity index is 1130. The van der Waals surface area contributed by atoms with Gasteiger partial charge in [-0.05, 0) is 36.9 Å². The van der Waals surface area contributed by atoms with E-state index in [2.05, 4.69) is 5.16 Å². The SMILES string of the molecule is CCC1Oc2c(ccc3ccccc23)/C1=N/OS(=O)(=O)c1ccc(C)cc1. The summed E-state index contributed by atoms with van der Waals surface area (Å²) < 4.78 is 36.0. The minimum absolute atomic E-state index is 0.0724. The minimum atomic E-state index is -3.98. The Morgan fingerprint density at radius 1 is 1.04 bits per heavy atom. The number of fused-ring (bicyclic) bond motifs is 3. The third kappa shape index (κ3) is 3.17. The van der Waals surface area contributed by atoms with E-state index in [1.807, 2.05) is 50.2 Å². The third-order valence-electron chi connectivity index (χ3n) is 4.63. The molecular formula is C21H19NO4S. The third-order valence-corrected chi connectivity index (χ3v) is 5.76. The van der Waals surface area contributed by atoms with Gasteiger partial charge >= 0.3 is 10.1 Å². The van der Waals surface area contributed by atoms with Gasteiger partial charge in [0.05, 0.1) is 0 Å². The molecule has 0 spiro atoms. The van der Waals surface area contributed by atoms with Gasteiger partial charge in [0.15, 0.2) is 0 Å². The standard InChI is InChI=1S/C21H19NO4S/c1-3-19-20(22-26-27(23,24)16-11-8-14(2)9-12-16)18-13-10-15-6-4-5-7-17(15)21(18)25-19/h4-13,19H,3H2,1-2H3/b22-20-. The fraction of sp³-hybridized carbons (Fsp3) is 0.190. The molecule has 1 aliphatic rings. The summed E-state index contributed by atoms with van der Waals surface area (Å²) in [7, 11) is -3.98. The van der Waals surface area contributed by atoms with Crippen LogP contribution in [0, 0.1) is 6.92 Å². The lowest BCUT2D eigenvalue weighted by molar-refractivity contribution is 0.272. The second-order valence-electron chi connectivity index (χ2n) is 6.50. The van der Waals surface area contributed by atoms with Gasteiger partial charge in [-0.1, -0.05) is 60.1 Å². The molecule has 3 aromatic rings. The van der Waals surface area contributed by atoms with Crippen LogP contribution in [0.5, 0.6) is 5.75 Å². The first-order valence-corrected chi connectivity index (χ1v) is 10.2. The summed E-state index contributed by atoms with van der Waals surface area (Å²) in [6, 6.07) is 18.2. The lowest BCUT2D eigenvalue weighted by atomic mass is 10.0. The molecule has 27 heavy (non-hydrogen) atoms. The van der Waals surface area contributed by atoms with Crippen LogP contribution in [0.2, 0.25) is 0 Å². The summed E-state index contributed by atoms with van der Waals surface area (Å²) in [4.78, 5) is 0.0724. The molecule has 0 aliphatic carbocycles. The number of rotatable bonds is 4. The highest BCUT2D eigenvalue weighted by atomic mass is 32.2. The van der Waals surface area contributed by atoms with E-state index >= 15 is 0 Å². The fourth-order valence-corrected chi connectivity index (χ4v) is 3.90. The molecule has 6 heteroatoms. The highest BCUT2D eigenvalue weighted by molar-refractivity contribution is 7.86. The maximum Gasteiger partial charge on any atom is 0.358 e. The average molecular weight is 381 g/mol. The Morgan fingerprint density at radius 2 is 1.78 bits per heavy atom. The fourth-order valence-electron chi connectivity index (χ4n) is 3.17. The number of hydrogen-bond donors (Lipinski definition) is 0. The zero-order valence-electron chi connectivity index (χ0n) is 15.0. The first-order chi connectivity index (χ1) is 13.0. The minimum Gasteiger partial charge on any atom is -0.483 e. The predicted molar refractivity (Wildman–Crippen MR) is 105 cm³/mol. The van der Waals surface area contributed by atoms with Crippen molar-refractivity contribution >= 4 is 26.6 Å². The number of oxime groups is 1. The first-order valence-electron chi connectivity index (χ1n) is 8.76. The molecule has 0 saturated carbocycles. The molecule has 1 atom stereocenters. The van der Waals surface area contributed by atoms with Crippen molar-refractivity contribution in [3.05, 3.63) is 71.8 Å². The molecule has 1 aliphatic heterocycles. The van der Waals surface area contributed by atoms with Gasteiger partial charge < -0.3 is 4.74 Å². The van der Waals surface area contributed by atoms with Crippen LogP contribution in [0.3, 0.4) is 0 Å². The molecule has 5 nitrogen and oxygen atoms in total. The van der Waals surface area contributed by atoms with Crippen molar-refractivity contribution in [2.24, 2.45) is 5.16 Å². The highest BCUT2D eigenvalue weighted by Gasteiger charge is 2.32. The highest BCUT2D eigenvalue weighted by Crippen LogP contribution is 2.37. The zero-order valence-corrected chi connectivity index (χ0v) is 15.9. The summed E-state index contributed by atoms with van der Waals surface area (Å²) in [5.74, 6) is 0.718. The number of ether oxygens (including phenoxy) is 1. The van der Waals surface area contributed by atoms with Crippen LogP contribution in [0.4, 0.5) is 0 Å². The van der Waals surface area contributed by atoms with Gasteiger partial charge in [0.25, 0.3) is 0 Å². The summed E-state index contributed by atoms with van der Waals surface area (Å²) in [5, 5.41) is 6.03. The van der Waals surface area contributed by atoms with Crippen molar-refractivity contribution in [2.75, 3.05) is 0 Å². The molecule has 1 unspecified atom stereocenters. The van der Waals surface area contributed by atoms with Crippen LogP contribution in [0.1, 0.15) is 24.5 Å². The number of aryl methyl sites for hydroxylation is 1. The molecule has 0 bridgehead atoms. The van der Waals surface area contributed by atoms with Crippen LogP contribution in [0.15, 0.2) is 70.7 Å². The monoisotopic (exact) mass is 381 g/mol. The van der Waals surface area contributed by atoms with Gasteiger partial charge in [-0.25, -0.2) is 0 Å². The lowest BCUT2D eigenvalue weighted by Crippen LogP contribution is -2.21. The van der Waals surface area contributed by atoms with Crippen molar-refractivity contribution in [2.45, 2.75) is 31.3 Å². The molecule has 1 heterocycles. The molecule has 0 fully saturated rings. The largest absolute Gasteiger partial charge is 0.483 e. The van der Waals surface area contributed by atoms with Crippen molar-refractivity contribution in [3.8, 4) is 5.75 Å². The lowest BCUT2D eigenvalue weighted by Gasteiger charge is -2.09. The van der Waals surface area contributed by atoms with Crippen LogP contribution in [-0.4, -0.2) is 20.2 Å². The second kappa shape index (κ2) is 6.70. The maximum absolute atomic E-state index is 12.4. The molecule has 0 saturated heterocycles. The first kappa shape index (κ1) is 17.5. The van der Waals surface area contributed by atoms with Gasteiger partial charge in [-0.15, -0.1) is 0 Å². The van der Waals surface area contributed by atoms with Gasteiger partial charge in [0, 0.05) is 10.9 Å². The number of benzene rings is 3. The number of nitrogens with zero attached hydrogens (tertiary/aromatic N) is 1. The van der Waals surface area contributed by atoms with E-state index in [1.165, 1.54) is 12.1 Å². The topological polar surface area (TPSA) is 65.0 Å². The van der Waals surface area contributed by atoms with E-state index in [9.17, 15) is 8.42 Å². The average Bonchev–Trinajstić information content (AvgIpc) is 3.05. The second-order valence-corrected chi connectivity index (χ2v) is 8.03. The molecule has 0 radical (unpaired) electrons. The zero-order chi connectivity index (χ0) is 19.0. The normalized spacial score (nSPS) is 17.7. The van der Waals surface area contributed by atoms with Crippen LogP contribution in [0.25, 0.3) is 10.8 Å². The summed E-state index contributed by atoms with van der Waals surface area (Å²) >= 11 is 0. The van der Waals surface area contributed by atoms with E-state index in [-0.39, 0.29) is 11.0 Å². The summed E-state index contributed by atoms with van der Waals surface area (Å²) in [6.45, 7) is 3.85. The van der Waals surface area contributed by atoms with Gasteiger partial charge in [-0.3, -0.25) is 4.28 Å². The van der Waals surface area contributed by atoms with Gasteiger partial charge in [-0.2, -0.15) is 8.42 Å². The van der Waals surface area contributed by atoms with E-state index in [0.29, 0.717) is 12.1 Å². The smallest absolute Gasteiger partial charge is 0.358 e. The van der Waals surface area contributed by atoms with E-state index in [4.69, 9.17) is 9.02 Å². The van der Waals surface area contributed by atoms with E-state index in [0.717, 1.165) is 27.6 Å². The van der Waals surface area contributed by atoms with Gasteiger partial charge in [0.1, 0.15) is 22.5 Å². The van der Waals surface area contributed by atoms with E-state index < -0.39 is 10.1 Å². The molecular weight excluding hydrogens is 362 g/mol. The predicted octanol–water partition coefficient (Wildman–Crippen LogP) is 4.43. The molecule has 3 aromatic carbocycles. The quantitative estimate of drug-likeness (QED) is 0.627. The molecule has 0 amide bonds. The Balaban J connectivity index is 1.73.